The average molecular weight is 819 g/mol. The summed E-state index contributed by atoms with van der Waals surface area (Å²) < 4.78 is 89.1. The van der Waals surface area contributed by atoms with E-state index in [4.69, 9.17) is 18.9 Å². The molecule has 2 aromatic carbocycles. The fourth-order valence-corrected chi connectivity index (χ4v) is 4.99. The quantitative estimate of drug-likeness (QED) is 0.112. The molecule has 4 unspecified atom stereocenters. The van der Waals surface area contributed by atoms with E-state index in [1.165, 1.54) is 57.4 Å². The van der Waals surface area contributed by atoms with Gasteiger partial charge in [-0.25, -0.2) is 9.59 Å². The van der Waals surface area contributed by atoms with Crippen molar-refractivity contribution in [2.24, 2.45) is 5.92 Å². The van der Waals surface area contributed by atoms with Crippen LogP contribution in [0.2, 0.25) is 0 Å². The third kappa shape index (κ3) is 16.4. The fourth-order valence-electron chi connectivity index (χ4n) is 4.99. The molecule has 0 aliphatic heterocycles. The van der Waals surface area contributed by atoms with Crippen molar-refractivity contribution in [2.45, 2.75) is 109 Å². The number of alkyl halides is 5. The molecule has 318 valence electrons. The van der Waals surface area contributed by atoms with Gasteiger partial charge in [0.2, 0.25) is 11.8 Å². The molecule has 0 bridgehead atoms. The van der Waals surface area contributed by atoms with Crippen LogP contribution < -0.4 is 30.7 Å². The first-order chi connectivity index (χ1) is 26.1. The Morgan fingerprint density at radius 3 is 1.77 bits per heavy atom. The second-order valence-electron chi connectivity index (χ2n) is 15.3. The predicted molar refractivity (Wildman–Crippen MR) is 195 cm³/mol. The van der Waals surface area contributed by atoms with Crippen LogP contribution in [0.4, 0.5) is 26.7 Å². The Labute approximate surface area is 327 Å². The highest BCUT2D eigenvalue weighted by atomic mass is 19.4. The summed E-state index contributed by atoms with van der Waals surface area (Å²) in [6.07, 6.45) is -9.23. The summed E-state index contributed by atoms with van der Waals surface area (Å²) in [4.78, 5) is 64.9. The van der Waals surface area contributed by atoms with E-state index in [0.29, 0.717) is 11.3 Å². The largest absolute Gasteiger partial charge is 0.497 e. The Kier molecular flexibility index (Phi) is 16.6. The van der Waals surface area contributed by atoms with Gasteiger partial charge in [0.05, 0.1) is 13.2 Å². The summed E-state index contributed by atoms with van der Waals surface area (Å²) in [5, 5.41) is 18.8. The van der Waals surface area contributed by atoms with Crippen molar-refractivity contribution in [1.29, 1.82) is 0 Å². The number of rotatable bonds is 17. The first kappa shape index (κ1) is 48.0. The number of benzene rings is 2. The van der Waals surface area contributed by atoms with Gasteiger partial charge in [-0.3, -0.25) is 14.4 Å². The second-order valence-corrected chi connectivity index (χ2v) is 15.3. The number of aliphatic hydroxyl groups excluding tert-OH is 1. The van der Waals surface area contributed by atoms with E-state index in [9.17, 15) is 42.3 Å². The Morgan fingerprint density at radius 2 is 1.28 bits per heavy atom. The Bertz CT molecular complexity index is 1680. The van der Waals surface area contributed by atoms with Gasteiger partial charge in [-0.05, 0) is 82.9 Å². The molecule has 0 heterocycles. The number of alkyl carbamates (subject to hydrolysis) is 1. The lowest BCUT2D eigenvalue weighted by Crippen LogP contribution is -2.61. The van der Waals surface area contributed by atoms with Gasteiger partial charge in [-0.2, -0.15) is 22.0 Å². The third-order valence-electron chi connectivity index (χ3n) is 7.64. The van der Waals surface area contributed by atoms with Crippen LogP contribution in [-0.4, -0.2) is 96.6 Å². The van der Waals surface area contributed by atoms with E-state index in [-0.39, 0.29) is 24.3 Å². The number of nitrogens with one attached hydrogen (secondary N) is 4. The Balaban J connectivity index is 2.44. The van der Waals surface area contributed by atoms with E-state index >= 15 is 8.78 Å². The third-order valence-corrected chi connectivity index (χ3v) is 7.64. The van der Waals surface area contributed by atoms with Crippen molar-refractivity contribution in [3.05, 3.63) is 59.7 Å². The van der Waals surface area contributed by atoms with Crippen LogP contribution in [0, 0.1) is 5.92 Å². The van der Waals surface area contributed by atoms with Gasteiger partial charge >= 0.3 is 24.2 Å². The van der Waals surface area contributed by atoms with Crippen LogP contribution in [0.5, 0.6) is 11.5 Å². The van der Waals surface area contributed by atoms with E-state index in [2.05, 4.69) is 16.0 Å². The lowest BCUT2D eigenvalue weighted by Gasteiger charge is -2.33. The number of hydrogen-bond donors (Lipinski definition) is 5. The van der Waals surface area contributed by atoms with Crippen molar-refractivity contribution in [3.63, 3.8) is 0 Å². The number of carbonyl (C=O) groups excluding carboxylic acids is 5. The highest BCUT2D eigenvalue weighted by Gasteiger charge is 2.52. The molecule has 0 saturated heterocycles. The van der Waals surface area contributed by atoms with Crippen LogP contribution in [0.1, 0.15) is 72.6 Å². The van der Waals surface area contributed by atoms with E-state index in [1.54, 1.807) is 53.7 Å². The molecule has 0 radical (unpaired) electrons. The minimum absolute atomic E-state index is 0.0795. The summed E-state index contributed by atoms with van der Waals surface area (Å²) in [6, 6.07) is 6.64. The van der Waals surface area contributed by atoms with Crippen LogP contribution in [-0.2, 0) is 35.1 Å². The molecule has 5 N–H and O–H groups in total. The first-order valence-electron chi connectivity index (χ1n) is 17.7. The number of hydrogen-bond acceptors (Lipinski definition) is 10. The monoisotopic (exact) mass is 818 g/mol. The predicted octanol–water partition coefficient (Wildman–Crippen LogP) is 4.52. The maximum Gasteiger partial charge on any atom is 0.408 e. The number of methoxy groups -OCH3 is 1. The number of halogens is 5. The highest BCUT2D eigenvalue weighted by Crippen LogP contribution is 2.27. The van der Waals surface area contributed by atoms with Crippen LogP contribution in [0.15, 0.2) is 48.5 Å². The van der Waals surface area contributed by atoms with E-state index in [1.807, 2.05) is 0 Å². The minimum atomic E-state index is -5.02. The lowest BCUT2D eigenvalue weighted by molar-refractivity contribution is -0.175. The molecule has 4 atom stereocenters. The summed E-state index contributed by atoms with van der Waals surface area (Å²) >= 11 is 0. The lowest BCUT2D eigenvalue weighted by atomic mass is 9.92. The van der Waals surface area contributed by atoms with Crippen molar-refractivity contribution in [3.8, 4) is 11.5 Å². The summed E-state index contributed by atoms with van der Waals surface area (Å²) in [6.45, 7) is 9.99. The zero-order chi connectivity index (χ0) is 43.5. The van der Waals surface area contributed by atoms with Gasteiger partial charge in [0.25, 0.3) is 5.91 Å². The van der Waals surface area contributed by atoms with Gasteiger partial charge in [-0.15, -0.1) is 0 Å². The summed E-state index contributed by atoms with van der Waals surface area (Å²) in [5.74, 6) is -10.4. The number of carbonyl (C=O) groups is 5. The van der Waals surface area contributed by atoms with Crippen LogP contribution in [0.3, 0.4) is 0 Å². The van der Waals surface area contributed by atoms with Gasteiger partial charge in [0, 0.05) is 6.42 Å². The SMILES string of the molecule is COc1ccc(C(NC(=O)C(Cc2ccc(OCC(=O)OC(C)(C)C)cc2)NC(=O)OC(C)(C)C)C(=O)NC(C(C)C)C(O)C(F)(F)C(=O)NCC(F)(F)F)cc1. The molecular weight excluding hydrogens is 767 g/mol. The topological polar surface area (TPSA) is 191 Å². The highest BCUT2D eigenvalue weighted by molar-refractivity contribution is 5.92. The number of aliphatic hydroxyl groups is 1. The van der Waals surface area contributed by atoms with Crippen molar-refractivity contribution < 1.29 is 70.0 Å². The Hall–Kier alpha value is -5.20. The molecular formula is C38H51F5N4O10. The maximum absolute atomic E-state index is 15.0. The van der Waals surface area contributed by atoms with E-state index in [0.717, 1.165) is 5.32 Å². The Morgan fingerprint density at radius 1 is 0.737 bits per heavy atom. The standard InChI is InChI=1S/C38H51F5N4O10/c1-21(2)28(30(49)38(42,43)33(52)44-20-37(39,40)41)46-32(51)29(23-12-16-24(54-9)17-13-23)47-31(50)26(45-34(53)57-36(6,7)8)18-22-10-14-25(15-11-22)55-19-27(48)56-35(3,4)5/h10-17,21,26,28-30,49H,18-20H2,1-9H3,(H,44,52)(H,45,53)(H,46,51)(H,47,50). The summed E-state index contributed by atoms with van der Waals surface area (Å²) in [5.41, 5.74) is -1.16. The molecule has 14 nitrogen and oxygen atoms in total. The first-order valence-corrected chi connectivity index (χ1v) is 17.7. The minimum Gasteiger partial charge on any atom is -0.497 e. The zero-order valence-electron chi connectivity index (χ0n) is 33.1. The second kappa shape index (κ2) is 19.8. The number of esters is 1. The maximum atomic E-state index is 15.0. The van der Waals surface area contributed by atoms with Gasteiger partial charge in [-0.1, -0.05) is 38.1 Å². The smallest absolute Gasteiger partial charge is 0.408 e. The van der Waals surface area contributed by atoms with Crippen LogP contribution >= 0.6 is 0 Å². The van der Waals surface area contributed by atoms with Crippen molar-refractivity contribution in [2.75, 3.05) is 20.3 Å². The van der Waals surface area contributed by atoms with Gasteiger partial charge in [0.1, 0.15) is 47.4 Å². The van der Waals surface area contributed by atoms with Crippen molar-refractivity contribution in [1.82, 2.24) is 21.3 Å². The van der Waals surface area contributed by atoms with E-state index < -0.39 is 89.8 Å². The molecule has 0 aliphatic carbocycles. The normalized spacial score (nSPS) is 14.3. The molecule has 0 aromatic heterocycles. The molecule has 2 rings (SSSR count). The number of amides is 4. The molecule has 2 aromatic rings. The molecule has 19 heteroatoms. The fraction of sp³-hybridized carbons (Fsp3) is 0.553. The molecule has 0 aliphatic rings. The molecule has 0 spiro atoms. The number of ether oxygens (including phenoxy) is 4. The zero-order valence-corrected chi connectivity index (χ0v) is 33.1. The summed E-state index contributed by atoms with van der Waals surface area (Å²) in [7, 11) is 1.37. The average Bonchev–Trinajstić information content (AvgIpc) is 3.08. The van der Waals surface area contributed by atoms with Gasteiger partial charge < -0.3 is 45.3 Å². The molecule has 0 saturated carbocycles. The van der Waals surface area contributed by atoms with Crippen LogP contribution in [0.25, 0.3) is 0 Å². The molecule has 0 fully saturated rings. The van der Waals surface area contributed by atoms with Gasteiger partial charge in [0.15, 0.2) is 6.61 Å². The van der Waals surface area contributed by atoms with Crippen molar-refractivity contribution >= 4 is 29.8 Å². The molecule has 57 heavy (non-hydrogen) atoms. The molecule has 4 amide bonds.